The molecule has 0 radical (unpaired) electrons. The second-order valence-corrected chi connectivity index (χ2v) is 4.21. The summed E-state index contributed by atoms with van der Waals surface area (Å²) in [6.07, 6.45) is 1.69. The van der Waals surface area contributed by atoms with Gasteiger partial charge in [0, 0.05) is 0 Å². The Morgan fingerprint density at radius 1 is 1.05 bits per heavy atom. The molecule has 0 atom stereocenters. The fourth-order valence-corrected chi connectivity index (χ4v) is 1.67. The molecule has 0 amide bonds. The van der Waals surface area contributed by atoms with Crippen LogP contribution in [-0.4, -0.2) is 13.3 Å². The van der Waals surface area contributed by atoms with Crippen molar-refractivity contribution in [3.8, 4) is 5.75 Å². The van der Waals surface area contributed by atoms with Crippen LogP contribution in [0.3, 0.4) is 0 Å². The normalized spacial score (nSPS) is 10.6. The molecule has 0 heterocycles. The Morgan fingerprint density at radius 3 is 2.47 bits per heavy atom. The van der Waals surface area contributed by atoms with E-state index in [1.165, 1.54) is 5.56 Å². The molecule has 3 heteroatoms. The average Bonchev–Trinajstić information content (AvgIpc) is 2.46. The van der Waals surface area contributed by atoms with Gasteiger partial charge in [0.1, 0.15) is 12.4 Å². The highest BCUT2D eigenvalue weighted by Gasteiger charge is 1.96. The molecule has 0 aliphatic heterocycles. The second kappa shape index (κ2) is 6.59. The molecule has 0 unspecified atom stereocenters. The molecule has 0 aliphatic carbocycles. The van der Waals surface area contributed by atoms with E-state index in [0.717, 1.165) is 16.9 Å². The zero-order valence-electron chi connectivity index (χ0n) is 11.2. The molecule has 0 bridgehead atoms. The maximum Gasteiger partial charge on any atom is 0.142 e. The molecule has 0 spiro atoms. The van der Waals surface area contributed by atoms with Crippen molar-refractivity contribution in [3.05, 3.63) is 65.2 Å². The lowest BCUT2D eigenvalue weighted by atomic mass is 10.1. The fraction of sp³-hybridized carbons (Fsp3) is 0.188. The van der Waals surface area contributed by atoms with Gasteiger partial charge in [-0.25, -0.2) is 0 Å². The van der Waals surface area contributed by atoms with Gasteiger partial charge in [0.15, 0.2) is 0 Å². The van der Waals surface area contributed by atoms with Crippen LogP contribution in [0.5, 0.6) is 5.75 Å². The van der Waals surface area contributed by atoms with Crippen LogP contribution in [0.25, 0.3) is 0 Å². The number of oxime groups is 1. The minimum absolute atomic E-state index is 0.485. The Balaban J connectivity index is 1.88. The van der Waals surface area contributed by atoms with Crippen LogP contribution in [0.4, 0.5) is 0 Å². The maximum atomic E-state index is 5.30. The van der Waals surface area contributed by atoms with Crippen molar-refractivity contribution in [1.82, 2.24) is 0 Å². The van der Waals surface area contributed by atoms with Gasteiger partial charge in [-0.1, -0.05) is 29.4 Å². The van der Waals surface area contributed by atoms with Crippen LogP contribution in [-0.2, 0) is 11.4 Å². The largest absolute Gasteiger partial charge is 0.497 e. The number of nitrogens with zero attached hydrogens (tertiary/aromatic N) is 1. The van der Waals surface area contributed by atoms with Crippen molar-refractivity contribution in [1.29, 1.82) is 0 Å². The number of aryl methyl sites for hydroxylation is 1. The molecular formula is C16H17NO2. The molecule has 0 N–H and O–H groups in total. The van der Waals surface area contributed by atoms with Crippen LogP contribution in [0, 0.1) is 6.92 Å². The summed E-state index contributed by atoms with van der Waals surface area (Å²) in [6, 6.07) is 15.8. The Kier molecular flexibility index (Phi) is 4.56. The first kappa shape index (κ1) is 13.1. The third kappa shape index (κ3) is 3.85. The summed E-state index contributed by atoms with van der Waals surface area (Å²) in [5.74, 6) is 0.831. The van der Waals surface area contributed by atoms with Crippen molar-refractivity contribution in [3.63, 3.8) is 0 Å². The SMILES string of the molecule is COc1ccc(C=NOCc2ccccc2C)cc1. The molecule has 19 heavy (non-hydrogen) atoms. The lowest BCUT2D eigenvalue weighted by molar-refractivity contribution is 0.131. The number of hydrogen-bond acceptors (Lipinski definition) is 3. The van der Waals surface area contributed by atoms with E-state index in [9.17, 15) is 0 Å². The summed E-state index contributed by atoms with van der Waals surface area (Å²) in [5.41, 5.74) is 3.34. The highest BCUT2D eigenvalue weighted by molar-refractivity contribution is 5.79. The van der Waals surface area contributed by atoms with E-state index in [-0.39, 0.29) is 0 Å². The van der Waals surface area contributed by atoms with Crippen molar-refractivity contribution in [2.75, 3.05) is 7.11 Å². The Labute approximate surface area is 113 Å². The standard InChI is InChI=1S/C16H17NO2/c1-13-5-3-4-6-15(13)12-19-17-11-14-7-9-16(18-2)10-8-14/h3-11H,12H2,1-2H3. The van der Waals surface area contributed by atoms with Crippen molar-refractivity contribution < 1.29 is 9.57 Å². The summed E-state index contributed by atoms with van der Waals surface area (Å²) >= 11 is 0. The van der Waals surface area contributed by atoms with E-state index >= 15 is 0 Å². The minimum atomic E-state index is 0.485. The predicted molar refractivity (Wildman–Crippen MR) is 76.6 cm³/mol. The topological polar surface area (TPSA) is 30.8 Å². The van der Waals surface area contributed by atoms with Gasteiger partial charge in [0.2, 0.25) is 0 Å². The van der Waals surface area contributed by atoms with Crippen molar-refractivity contribution in [2.45, 2.75) is 13.5 Å². The average molecular weight is 255 g/mol. The van der Waals surface area contributed by atoms with Gasteiger partial charge >= 0.3 is 0 Å². The zero-order chi connectivity index (χ0) is 13.5. The van der Waals surface area contributed by atoms with Gasteiger partial charge in [-0.05, 0) is 47.9 Å². The molecular weight excluding hydrogens is 238 g/mol. The van der Waals surface area contributed by atoms with Gasteiger partial charge in [-0.3, -0.25) is 0 Å². The molecule has 0 aliphatic rings. The highest BCUT2D eigenvalue weighted by Crippen LogP contribution is 2.10. The summed E-state index contributed by atoms with van der Waals surface area (Å²) < 4.78 is 5.09. The van der Waals surface area contributed by atoms with Crippen LogP contribution < -0.4 is 4.74 Å². The molecule has 98 valence electrons. The van der Waals surface area contributed by atoms with E-state index in [0.29, 0.717) is 6.61 Å². The van der Waals surface area contributed by atoms with E-state index in [1.54, 1.807) is 13.3 Å². The first-order valence-electron chi connectivity index (χ1n) is 6.13. The molecule has 0 fully saturated rings. The van der Waals surface area contributed by atoms with Crippen LogP contribution in [0.1, 0.15) is 16.7 Å². The van der Waals surface area contributed by atoms with Gasteiger partial charge < -0.3 is 9.57 Å². The van der Waals surface area contributed by atoms with Crippen LogP contribution in [0.2, 0.25) is 0 Å². The number of methoxy groups -OCH3 is 1. The summed E-state index contributed by atoms with van der Waals surface area (Å²) in [6.45, 7) is 2.55. The van der Waals surface area contributed by atoms with Gasteiger partial charge in [0.25, 0.3) is 0 Å². The molecule has 2 rings (SSSR count). The van der Waals surface area contributed by atoms with E-state index in [4.69, 9.17) is 9.57 Å². The molecule has 0 aromatic heterocycles. The smallest absolute Gasteiger partial charge is 0.142 e. The third-order valence-corrected chi connectivity index (χ3v) is 2.87. The molecule has 0 saturated heterocycles. The summed E-state index contributed by atoms with van der Waals surface area (Å²) in [4.78, 5) is 5.30. The summed E-state index contributed by atoms with van der Waals surface area (Å²) in [7, 11) is 1.65. The third-order valence-electron chi connectivity index (χ3n) is 2.87. The number of benzene rings is 2. The Hall–Kier alpha value is -2.29. The maximum absolute atomic E-state index is 5.30. The molecule has 3 nitrogen and oxygen atoms in total. The molecule has 2 aromatic carbocycles. The minimum Gasteiger partial charge on any atom is -0.497 e. The number of rotatable bonds is 5. The van der Waals surface area contributed by atoms with Crippen molar-refractivity contribution in [2.24, 2.45) is 5.16 Å². The van der Waals surface area contributed by atoms with Gasteiger partial charge in [-0.2, -0.15) is 0 Å². The lowest BCUT2D eigenvalue weighted by Gasteiger charge is -2.03. The van der Waals surface area contributed by atoms with Gasteiger partial charge in [0.05, 0.1) is 13.3 Å². The van der Waals surface area contributed by atoms with E-state index in [2.05, 4.69) is 18.1 Å². The molecule has 2 aromatic rings. The Morgan fingerprint density at radius 2 is 1.79 bits per heavy atom. The number of ether oxygens (including phenoxy) is 1. The predicted octanol–water partition coefficient (Wildman–Crippen LogP) is 3.55. The van der Waals surface area contributed by atoms with Crippen LogP contribution in [0.15, 0.2) is 53.7 Å². The lowest BCUT2D eigenvalue weighted by Crippen LogP contribution is -1.91. The number of hydrogen-bond donors (Lipinski definition) is 0. The quantitative estimate of drug-likeness (QED) is 0.604. The van der Waals surface area contributed by atoms with Crippen LogP contribution >= 0.6 is 0 Å². The second-order valence-electron chi connectivity index (χ2n) is 4.21. The first-order valence-corrected chi connectivity index (χ1v) is 6.13. The van der Waals surface area contributed by atoms with Gasteiger partial charge in [-0.15, -0.1) is 0 Å². The highest BCUT2D eigenvalue weighted by atomic mass is 16.6. The molecule has 0 saturated carbocycles. The van der Waals surface area contributed by atoms with E-state index in [1.807, 2.05) is 42.5 Å². The zero-order valence-corrected chi connectivity index (χ0v) is 11.2. The Bertz CT molecular complexity index is 547. The monoisotopic (exact) mass is 255 g/mol. The summed E-state index contributed by atoms with van der Waals surface area (Å²) in [5, 5.41) is 3.97. The van der Waals surface area contributed by atoms with Crippen molar-refractivity contribution >= 4 is 6.21 Å². The first-order chi connectivity index (χ1) is 9.29. The fourth-order valence-electron chi connectivity index (χ4n) is 1.67. The van der Waals surface area contributed by atoms with E-state index < -0.39 is 0 Å².